The minimum atomic E-state index is -0.194. The lowest BCUT2D eigenvalue weighted by Gasteiger charge is -2.17. The molecule has 0 fully saturated rings. The molecule has 0 aliphatic heterocycles. The Bertz CT molecular complexity index is 516. The maximum absolute atomic E-state index is 13.1. The standard InChI is InChI=1S/C12H13FN2/c1-8-2-4-10-11(6-8)15-7-9(13)3-5-12(15)14-10/h3,5,7-8H,2,4,6H2,1H3. The Hall–Kier alpha value is -1.38. The number of aromatic nitrogens is 2. The van der Waals surface area contributed by atoms with Crippen molar-refractivity contribution in [1.82, 2.24) is 9.38 Å². The van der Waals surface area contributed by atoms with Gasteiger partial charge in [0, 0.05) is 11.9 Å². The topological polar surface area (TPSA) is 17.3 Å². The van der Waals surface area contributed by atoms with Gasteiger partial charge in [0.15, 0.2) is 0 Å². The van der Waals surface area contributed by atoms with E-state index >= 15 is 0 Å². The zero-order valence-corrected chi connectivity index (χ0v) is 8.70. The second kappa shape index (κ2) is 3.05. The molecule has 2 aromatic heterocycles. The number of imidazole rings is 1. The van der Waals surface area contributed by atoms with Crippen molar-refractivity contribution in [1.29, 1.82) is 0 Å². The Balaban J connectivity index is 2.25. The van der Waals surface area contributed by atoms with E-state index < -0.39 is 0 Å². The number of rotatable bonds is 0. The van der Waals surface area contributed by atoms with Crippen LogP contribution in [0.2, 0.25) is 0 Å². The second-order valence-electron chi connectivity index (χ2n) is 4.43. The molecule has 0 amide bonds. The third-order valence-corrected chi connectivity index (χ3v) is 3.18. The first-order valence-electron chi connectivity index (χ1n) is 5.39. The van der Waals surface area contributed by atoms with Gasteiger partial charge in [0.05, 0.1) is 5.69 Å². The van der Waals surface area contributed by atoms with Gasteiger partial charge in [-0.3, -0.25) is 0 Å². The van der Waals surface area contributed by atoms with Gasteiger partial charge in [-0.25, -0.2) is 9.37 Å². The average Bonchev–Trinajstić information content (AvgIpc) is 2.56. The fourth-order valence-electron chi connectivity index (χ4n) is 2.35. The van der Waals surface area contributed by atoms with Crippen LogP contribution in [0.4, 0.5) is 4.39 Å². The summed E-state index contributed by atoms with van der Waals surface area (Å²) in [7, 11) is 0. The Labute approximate surface area is 87.8 Å². The van der Waals surface area contributed by atoms with Crippen molar-refractivity contribution in [2.45, 2.75) is 26.2 Å². The van der Waals surface area contributed by atoms with Gasteiger partial charge in [0.25, 0.3) is 0 Å². The molecule has 0 N–H and O–H groups in total. The highest BCUT2D eigenvalue weighted by molar-refractivity contribution is 5.44. The minimum absolute atomic E-state index is 0.194. The molecular weight excluding hydrogens is 191 g/mol. The van der Waals surface area contributed by atoms with Crippen molar-refractivity contribution in [3.63, 3.8) is 0 Å². The van der Waals surface area contributed by atoms with Crippen LogP contribution in [0.3, 0.4) is 0 Å². The zero-order valence-electron chi connectivity index (χ0n) is 8.70. The predicted octanol–water partition coefficient (Wildman–Crippen LogP) is 2.60. The first-order chi connectivity index (χ1) is 7.24. The van der Waals surface area contributed by atoms with E-state index in [2.05, 4.69) is 11.9 Å². The molecule has 2 aromatic rings. The third kappa shape index (κ3) is 1.34. The summed E-state index contributed by atoms with van der Waals surface area (Å²) in [6, 6.07) is 3.22. The number of aryl methyl sites for hydroxylation is 1. The van der Waals surface area contributed by atoms with E-state index in [1.807, 2.05) is 4.40 Å². The van der Waals surface area contributed by atoms with Crippen LogP contribution in [-0.2, 0) is 12.8 Å². The first kappa shape index (κ1) is 8.89. The molecule has 0 radical (unpaired) electrons. The van der Waals surface area contributed by atoms with Crippen LogP contribution in [0.15, 0.2) is 18.3 Å². The van der Waals surface area contributed by atoms with Crippen molar-refractivity contribution < 1.29 is 4.39 Å². The lowest BCUT2D eigenvalue weighted by Crippen LogP contribution is -2.12. The summed E-state index contributed by atoms with van der Waals surface area (Å²) in [5.41, 5.74) is 3.22. The van der Waals surface area contributed by atoms with E-state index in [4.69, 9.17) is 0 Å². The Morgan fingerprint density at radius 1 is 1.47 bits per heavy atom. The molecule has 2 heterocycles. The summed E-state index contributed by atoms with van der Waals surface area (Å²) < 4.78 is 15.0. The van der Waals surface area contributed by atoms with Crippen molar-refractivity contribution in [2.24, 2.45) is 5.92 Å². The largest absolute Gasteiger partial charge is 0.301 e. The number of pyridine rings is 1. The van der Waals surface area contributed by atoms with Crippen LogP contribution in [0.1, 0.15) is 24.7 Å². The molecule has 1 aliphatic carbocycles. The molecular formula is C12H13FN2. The maximum atomic E-state index is 13.1. The summed E-state index contributed by atoms with van der Waals surface area (Å²) in [5, 5.41) is 0. The van der Waals surface area contributed by atoms with Gasteiger partial charge in [-0.1, -0.05) is 6.92 Å². The number of halogens is 1. The van der Waals surface area contributed by atoms with Gasteiger partial charge in [-0.05, 0) is 37.3 Å². The number of nitrogens with zero attached hydrogens (tertiary/aromatic N) is 2. The zero-order chi connectivity index (χ0) is 10.4. The highest BCUT2D eigenvalue weighted by Crippen LogP contribution is 2.25. The van der Waals surface area contributed by atoms with Crippen LogP contribution in [0, 0.1) is 11.7 Å². The minimum Gasteiger partial charge on any atom is -0.301 e. The van der Waals surface area contributed by atoms with E-state index in [0.29, 0.717) is 5.92 Å². The van der Waals surface area contributed by atoms with Crippen LogP contribution < -0.4 is 0 Å². The summed E-state index contributed by atoms with van der Waals surface area (Å²) in [6.45, 7) is 2.24. The van der Waals surface area contributed by atoms with E-state index in [1.165, 1.54) is 18.2 Å². The van der Waals surface area contributed by atoms with Crippen molar-refractivity contribution in [3.05, 3.63) is 35.5 Å². The first-order valence-corrected chi connectivity index (χ1v) is 5.39. The predicted molar refractivity (Wildman–Crippen MR) is 56.3 cm³/mol. The fourth-order valence-corrected chi connectivity index (χ4v) is 2.35. The molecule has 0 saturated heterocycles. The Morgan fingerprint density at radius 2 is 2.33 bits per heavy atom. The van der Waals surface area contributed by atoms with Gasteiger partial charge in [0.1, 0.15) is 11.5 Å². The summed E-state index contributed by atoms with van der Waals surface area (Å²) in [5.74, 6) is 0.488. The molecule has 0 bridgehead atoms. The SMILES string of the molecule is CC1CCc2nc3ccc(F)cn3c2C1. The van der Waals surface area contributed by atoms with Crippen molar-refractivity contribution in [2.75, 3.05) is 0 Å². The number of hydrogen-bond acceptors (Lipinski definition) is 1. The average molecular weight is 204 g/mol. The molecule has 2 nitrogen and oxygen atoms in total. The lowest BCUT2D eigenvalue weighted by molar-refractivity contribution is 0.487. The molecule has 15 heavy (non-hydrogen) atoms. The summed E-state index contributed by atoms with van der Waals surface area (Å²) >= 11 is 0. The molecule has 78 valence electrons. The van der Waals surface area contributed by atoms with Crippen LogP contribution in [0.5, 0.6) is 0 Å². The molecule has 1 unspecified atom stereocenters. The van der Waals surface area contributed by atoms with Gasteiger partial charge < -0.3 is 4.40 Å². The van der Waals surface area contributed by atoms with Gasteiger partial charge in [0.2, 0.25) is 0 Å². The van der Waals surface area contributed by atoms with Gasteiger partial charge in [-0.2, -0.15) is 0 Å². The second-order valence-corrected chi connectivity index (χ2v) is 4.43. The Morgan fingerprint density at radius 3 is 3.20 bits per heavy atom. The highest BCUT2D eigenvalue weighted by atomic mass is 19.1. The summed E-state index contributed by atoms with van der Waals surface area (Å²) in [6.07, 6.45) is 4.78. The van der Waals surface area contributed by atoms with Crippen LogP contribution in [0.25, 0.3) is 5.65 Å². The smallest absolute Gasteiger partial charge is 0.139 e. The fraction of sp³-hybridized carbons (Fsp3) is 0.417. The van der Waals surface area contributed by atoms with Crippen molar-refractivity contribution >= 4 is 5.65 Å². The van der Waals surface area contributed by atoms with Gasteiger partial charge in [-0.15, -0.1) is 0 Å². The quantitative estimate of drug-likeness (QED) is 0.644. The van der Waals surface area contributed by atoms with E-state index in [-0.39, 0.29) is 5.82 Å². The van der Waals surface area contributed by atoms with Gasteiger partial charge >= 0.3 is 0 Å². The van der Waals surface area contributed by atoms with Crippen LogP contribution in [-0.4, -0.2) is 9.38 Å². The molecule has 3 heteroatoms. The van der Waals surface area contributed by atoms with E-state index in [0.717, 1.165) is 24.2 Å². The molecule has 0 spiro atoms. The highest BCUT2D eigenvalue weighted by Gasteiger charge is 2.20. The molecule has 0 aromatic carbocycles. The molecule has 1 atom stereocenters. The Kier molecular flexibility index (Phi) is 1.81. The molecule has 1 aliphatic rings. The lowest BCUT2D eigenvalue weighted by atomic mass is 9.91. The van der Waals surface area contributed by atoms with Crippen LogP contribution >= 0.6 is 0 Å². The monoisotopic (exact) mass is 204 g/mol. The number of hydrogen-bond donors (Lipinski definition) is 0. The molecule has 3 rings (SSSR count). The summed E-state index contributed by atoms with van der Waals surface area (Å²) in [4.78, 5) is 4.53. The van der Waals surface area contributed by atoms with Crippen molar-refractivity contribution in [3.8, 4) is 0 Å². The van der Waals surface area contributed by atoms with E-state index in [9.17, 15) is 4.39 Å². The third-order valence-electron chi connectivity index (χ3n) is 3.18. The normalized spacial score (nSPS) is 20.5. The number of fused-ring (bicyclic) bond motifs is 3. The maximum Gasteiger partial charge on any atom is 0.139 e. The van der Waals surface area contributed by atoms with E-state index in [1.54, 1.807) is 12.3 Å². The molecule has 0 saturated carbocycles.